The Bertz CT molecular complexity index is 606. The van der Waals surface area contributed by atoms with Crippen molar-refractivity contribution in [3.05, 3.63) is 59.7 Å². The van der Waals surface area contributed by atoms with E-state index in [1.165, 1.54) is 0 Å². The summed E-state index contributed by atoms with van der Waals surface area (Å²) >= 11 is 0. The van der Waals surface area contributed by atoms with Crippen LogP contribution < -0.4 is 9.47 Å². The number of carbonyl (C=O) groups is 1. The van der Waals surface area contributed by atoms with Crippen LogP contribution in [0.25, 0.3) is 0 Å². The lowest BCUT2D eigenvalue weighted by Crippen LogP contribution is -2.08. The van der Waals surface area contributed by atoms with E-state index in [4.69, 9.17) is 15.9 Å². The van der Waals surface area contributed by atoms with Crippen molar-refractivity contribution in [2.45, 2.75) is 6.10 Å². The molecule has 1 unspecified atom stereocenters. The molecule has 0 bridgehead atoms. The first-order valence-electron chi connectivity index (χ1n) is 6.09. The number of carbonyl (C=O) groups excluding carboxylic acids is 1. The SMILES string of the molecule is C#Cc1ccc(OC(C=O)c2ccc(OC)cc2)cc1. The van der Waals surface area contributed by atoms with Crippen LogP contribution in [0, 0.1) is 12.3 Å². The van der Waals surface area contributed by atoms with Crippen molar-refractivity contribution in [1.29, 1.82) is 0 Å². The molecular formula is C17H14O3. The normalized spacial score (nSPS) is 11.2. The average Bonchev–Trinajstić information content (AvgIpc) is 2.53. The third kappa shape index (κ3) is 3.18. The number of terminal acetylenes is 1. The summed E-state index contributed by atoms with van der Waals surface area (Å²) in [4.78, 5) is 11.2. The number of hydrogen-bond donors (Lipinski definition) is 0. The van der Waals surface area contributed by atoms with E-state index in [1.54, 1.807) is 55.6 Å². The Balaban J connectivity index is 2.15. The minimum absolute atomic E-state index is 0.594. The number of methoxy groups -OCH3 is 1. The molecule has 0 aliphatic carbocycles. The van der Waals surface area contributed by atoms with Crippen molar-refractivity contribution in [2.24, 2.45) is 0 Å². The van der Waals surface area contributed by atoms with Crippen molar-refractivity contribution in [3.63, 3.8) is 0 Å². The number of hydrogen-bond acceptors (Lipinski definition) is 3. The van der Waals surface area contributed by atoms with Crippen LogP contribution in [-0.2, 0) is 4.79 Å². The van der Waals surface area contributed by atoms with Gasteiger partial charge in [-0.15, -0.1) is 6.42 Å². The van der Waals surface area contributed by atoms with Crippen molar-refractivity contribution in [2.75, 3.05) is 7.11 Å². The zero-order valence-corrected chi connectivity index (χ0v) is 11.1. The topological polar surface area (TPSA) is 35.5 Å². The Hall–Kier alpha value is -2.73. The molecule has 3 nitrogen and oxygen atoms in total. The monoisotopic (exact) mass is 266 g/mol. The predicted molar refractivity (Wildman–Crippen MR) is 76.8 cm³/mol. The van der Waals surface area contributed by atoms with Gasteiger partial charge in [0, 0.05) is 5.56 Å². The lowest BCUT2D eigenvalue weighted by atomic mass is 10.1. The Morgan fingerprint density at radius 1 is 1.05 bits per heavy atom. The largest absolute Gasteiger partial charge is 0.497 e. The summed E-state index contributed by atoms with van der Waals surface area (Å²) in [5, 5.41) is 0. The summed E-state index contributed by atoms with van der Waals surface area (Å²) in [5.41, 5.74) is 1.53. The van der Waals surface area contributed by atoms with Gasteiger partial charge in [-0.1, -0.05) is 18.1 Å². The molecule has 0 saturated heterocycles. The number of aldehydes is 1. The molecule has 20 heavy (non-hydrogen) atoms. The summed E-state index contributed by atoms with van der Waals surface area (Å²) in [6.45, 7) is 0. The lowest BCUT2D eigenvalue weighted by Gasteiger charge is -2.14. The molecule has 0 heterocycles. The molecule has 0 spiro atoms. The second kappa shape index (κ2) is 6.44. The summed E-state index contributed by atoms with van der Waals surface area (Å²) < 4.78 is 10.7. The van der Waals surface area contributed by atoms with Gasteiger partial charge in [0.25, 0.3) is 0 Å². The van der Waals surface area contributed by atoms with Crippen LogP contribution in [0.1, 0.15) is 17.2 Å². The summed E-state index contributed by atoms with van der Waals surface area (Å²) in [6.07, 6.45) is 5.39. The van der Waals surface area contributed by atoms with Gasteiger partial charge in [0.15, 0.2) is 12.4 Å². The molecule has 2 aromatic rings. The van der Waals surface area contributed by atoms with E-state index in [1.807, 2.05) is 0 Å². The number of benzene rings is 2. The highest BCUT2D eigenvalue weighted by Gasteiger charge is 2.12. The summed E-state index contributed by atoms with van der Waals surface area (Å²) in [6, 6.07) is 14.2. The van der Waals surface area contributed by atoms with E-state index >= 15 is 0 Å². The lowest BCUT2D eigenvalue weighted by molar-refractivity contribution is -0.113. The molecule has 0 amide bonds. The zero-order chi connectivity index (χ0) is 14.4. The van der Waals surface area contributed by atoms with Crippen molar-refractivity contribution in [3.8, 4) is 23.8 Å². The number of ether oxygens (including phenoxy) is 2. The fraction of sp³-hybridized carbons (Fsp3) is 0.118. The van der Waals surface area contributed by atoms with Crippen molar-refractivity contribution in [1.82, 2.24) is 0 Å². The van der Waals surface area contributed by atoms with Gasteiger partial charge < -0.3 is 9.47 Å². The predicted octanol–water partition coefficient (Wildman–Crippen LogP) is 3.00. The minimum atomic E-state index is -0.655. The molecule has 2 rings (SSSR count). The fourth-order valence-electron chi connectivity index (χ4n) is 1.74. The van der Waals surface area contributed by atoms with E-state index in [0.29, 0.717) is 5.75 Å². The Morgan fingerprint density at radius 2 is 1.65 bits per heavy atom. The highest BCUT2D eigenvalue weighted by Crippen LogP contribution is 2.22. The van der Waals surface area contributed by atoms with Crippen LogP contribution in [0.3, 0.4) is 0 Å². The first-order valence-corrected chi connectivity index (χ1v) is 6.09. The van der Waals surface area contributed by atoms with Gasteiger partial charge in [0.1, 0.15) is 11.5 Å². The molecule has 0 radical (unpaired) electrons. The molecule has 0 aromatic heterocycles. The first-order chi connectivity index (χ1) is 9.76. The third-order valence-electron chi connectivity index (χ3n) is 2.85. The van der Waals surface area contributed by atoms with Gasteiger partial charge in [-0.25, -0.2) is 0 Å². The Labute approximate surface area is 118 Å². The molecular weight excluding hydrogens is 252 g/mol. The standard InChI is InChI=1S/C17H14O3/c1-3-13-4-8-16(9-5-13)20-17(12-18)14-6-10-15(19-2)11-7-14/h1,4-12,17H,2H3. The smallest absolute Gasteiger partial charge is 0.179 e. The van der Waals surface area contributed by atoms with Crippen LogP contribution in [0.2, 0.25) is 0 Å². The number of rotatable bonds is 5. The minimum Gasteiger partial charge on any atom is -0.497 e. The second-order valence-corrected chi connectivity index (χ2v) is 4.12. The summed E-state index contributed by atoms with van der Waals surface area (Å²) in [5.74, 6) is 3.85. The van der Waals surface area contributed by atoms with E-state index in [-0.39, 0.29) is 0 Å². The maximum atomic E-state index is 11.2. The van der Waals surface area contributed by atoms with Crippen LogP contribution in [-0.4, -0.2) is 13.4 Å². The summed E-state index contributed by atoms with van der Waals surface area (Å²) in [7, 11) is 1.59. The van der Waals surface area contributed by atoms with Gasteiger partial charge in [0.05, 0.1) is 7.11 Å². The van der Waals surface area contributed by atoms with Crippen LogP contribution in [0.15, 0.2) is 48.5 Å². The quantitative estimate of drug-likeness (QED) is 0.616. The zero-order valence-electron chi connectivity index (χ0n) is 11.1. The molecule has 0 aliphatic rings. The molecule has 0 saturated carbocycles. The molecule has 0 fully saturated rings. The van der Waals surface area contributed by atoms with Crippen LogP contribution in [0.5, 0.6) is 11.5 Å². The van der Waals surface area contributed by atoms with E-state index < -0.39 is 6.10 Å². The van der Waals surface area contributed by atoms with Gasteiger partial charge >= 0.3 is 0 Å². The Kier molecular flexibility index (Phi) is 4.41. The highest BCUT2D eigenvalue weighted by atomic mass is 16.5. The van der Waals surface area contributed by atoms with Gasteiger partial charge in [-0.3, -0.25) is 4.79 Å². The molecule has 100 valence electrons. The van der Waals surface area contributed by atoms with Crippen LogP contribution >= 0.6 is 0 Å². The fourth-order valence-corrected chi connectivity index (χ4v) is 1.74. The van der Waals surface area contributed by atoms with E-state index in [2.05, 4.69) is 5.92 Å². The van der Waals surface area contributed by atoms with E-state index in [9.17, 15) is 4.79 Å². The molecule has 0 N–H and O–H groups in total. The van der Waals surface area contributed by atoms with Crippen LogP contribution in [0.4, 0.5) is 0 Å². The molecule has 1 atom stereocenters. The molecule has 2 aromatic carbocycles. The maximum absolute atomic E-state index is 11.2. The highest BCUT2D eigenvalue weighted by molar-refractivity contribution is 5.61. The van der Waals surface area contributed by atoms with E-state index in [0.717, 1.165) is 23.2 Å². The Morgan fingerprint density at radius 3 is 2.15 bits per heavy atom. The van der Waals surface area contributed by atoms with Crippen molar-refractivity contribution >= 4 is 6.29 Å². The van der Waals surface area contributed by atoms with Gasteiger partial charge in [0.2, 0.25) is 0 Å². The second-order valence-electron chi connectivity index (χ2n) is 4.12. The third-order valence-corrected chi connectivity index (χ3v) is 2.85. The van der Waals surface area contributed by atoms with Crippen molar-refractivity contribution < 1.29 is 14.3 Å². The van der Waals surface area contributed by atoms with Gasteiger partial charge in [-0.2, -0.15) is 0 Å². The molecule has 0 aliphatic heterocycles. The first kappa shape index (κ1) is 13.7. The maximum Gasteiger partial charge on any atom is 0.179 e. The average molecular weight is 266 g/mol. The molecule has 3 heteroatoms. The van der Waals surface area contributed by atoms with Gasteiger partial charge in [-0.05, 0) is 42.0 Å².